The lowest BCUT2D eigenvalue weighted by molar-refractivity contribution is -0.127. The van der Waals surface area contributed by atoms with E-state index in [4.69, 9.17) is 10.9 Å². The van der Waals surface area contributed by atoms with Crippen LogP contribution in [0.2, 0.25) is 0 Å². The summed E-state index contributed by atoms with van der Waals surface area (Å²) in [7, 11) is 0. The predicted octanol–water partition coefficient (Wildman–Crippen LogP) is 2.09. The fourth-order valence-corrected chi connectivity index (χ4v) is 2.53. The number of nitrogens with two attached hydrogens (primary N) is 1. The van der Waals surface area contributed by atoms with Crippen LogP contribution in [-0.4, -0.2) is 23.5 Å². The number of hydrogen-bond donors (Lipinski definition) is 3. The van der Waals surface area contributed by atoms with E-state index in [2.05, 4.69) is 17.4 Å². The quantitative estimate of drug-likeness (QED) is 0.309. The lowest BCUT2D eigenvalue weighted by Crippen LogP contribution is -2.48. The van der Waals surface area contributed by atoms with Crippen LogP contribution in [0.25, 0.3) is 0 Å². The number of amidine groups is 1. The molecule has 0 aromatic rings. The fourth-order valence-electron chi connectivity index (χ4n) is 2.53. The fraction of sp³-hybridized carbons (Fsp3) is 0.857. The number of carbonyl (C=O) groups is 1. The van der Waals surface area contributed by atoms with E-state index in [1.807, 2.05) is 6.92 Å². The monoisotopic (exact) mass is 269 g/mol. The zero-order valence-electron chi connectivity index (χ0n) is 12.3. The van der Waals surface area contributed by atoms with Crippen LogP contribution in [0, 0.1) is 17.3 Å². The van der Waals surface area contributed by atoms with Gasteiger partial charge in [-0.3, -0.25) is 4.79 Å². The normalized spacial score (nSPS) is 27.6. The lowest BCUT2D eigenvalue weighted by Gasteiger charge is -2.29. The molecule has 110 valence electrons. The highest BCUT2D eigenvalue weighted by atomic mass is 16.4. The van der Waals surface area contributed by atoms with Gasteiger partial charge in [0, 0.05) is 6.54 Å². The van der Waals surface area contributed by atoms with Gasteiger partial charge in [0.1, 0.15) is 5.41 Å². The third-order valence-electron chi connectivity index (χ3n) is 4.57. The number of rotatable bonds is 5. The first-order chi connectivity index (χ1) is 8.93. The zero-order valence-corrected chi connectivity index (χ0v) is 12.3. The third kappa shape index (κ3) is 3.85. The molecule has 19 heavy (non-hydrogen) atoms. The Balaban J connectivity index is 2.50. The highest BCUT2D eigenvalue weighted by molar-refractivity contribution is 6.06. The van der Waals surface area contributed by atoms with E-state index in [0.29, 0.717) is 18.9 Å². The second kappa shape index (κ2) is 6.78. The van der Waals surface area contributed by atoms with Crippen molar-refractivity contribution in [3.05, 3.63) is 0 Å². The average Bonchev–Trinajstić information content (AvgIpc) is 2.44. The van der Waals surface area contributed by atoms with E-state index < -0.39 is 5.41 Å². The van der Waals surface area contributed by atoms with Gasteiger partial charge in [0.15, 0.2) is 5.84 Å². The Morgan fingerprint density at radius 2 is 2.00 bits per heavy atom. The van der Waals surface area contributed by atoms with Gasteiger partial charge in [0.2, 0.25) is 5.91 Å². The van der Waals surface area contributed by atoms with Crippen LogP contribution in [0.5, 0.6) is 0 Å². The second-order valence-corrected chi connectivity index (χ2v) is 6.01. The van der Waals surface area contributed by atoms with Crippen LogP contribution < -0.4 is 11.1 Å². The van der Waals surface area contributed by atoms with Gasteiger partial charge in [-0.05, 0) is 38.0 Å². The Morgan fingerprint density at radius 3 is 2.47 bits per heavy atom. The van der Waals surface area contributed by atoms with Gasteiger partial charge >= 0.3 is 0 Å². The maximum atomic E-state index is 12.2. The molecule has 1 atom stereocenters. The molecule has 0 radical (unpaired) electrons. The molecule has 0 saturated heterocycles. The van der Waals surface area contributed by atoms with E-state index in [1.54, 1.807) is 6.92 Å². The van der Waals surface area contributed by atoms with Gasteiger partial charge in [0.05, 0.1) is 0 Å². The second-order valence-electron chi connectivity index (χ2n) is 6.01. The van der Waals surface area contributed by atoms with E-state index in [1.165, 1.54) is 25.7 Å². The maximum Gasteiger partial charge on any atom is 0.233 e. The Morgan fingerprint density at radius 1 is 1.42 bits per heavy atom. The molecule has 5 nitrogen and oxygen atoms in total. The first kappa shape index (κ1) is 15.8. The summed E-state index contributed by atoms with van der Waals surface area (Å²) >= 11 is 0. The molecule has 0 spiro atoms. The zero-order chi connectivity index (χ0) is 14.5. The molecule has 0 aliphatic heterocycles. The first-order valence-electron chi connectivity index (χ1n) is 7.20. The molecule has 1 unspecified atom stereocenters. The molecule has 1 aliphatic rings. The number of hydrogen-bond acceptors (Lipinski definition) is 3. The highest BCUT2D eigenvalue weighted by Crippen LogP contribution is 2.28. The summed E-state index contributed by atoms with van der Waals surface area (Å²) < 4.78 is 0. The van der Waals surface area contributed by atoms with Crippen LogP contribution in [-0.2, 0) is 4.79 Å². The van der Waals surface area contributed by atoms with Gasteiger partial charge < -0.3 is 16.3 Å². The summed E-state index contributed by atoms with van der Waals surface area (Å²) in [5.41, 5.74) is 4.71. The molecule has 4 N–H and O–H groups in total. The van der Waals surface area contributed by atoms with Crippen molar-refractivity contribution in [2.45, 2.75) is 52.9 Å². The molecule has 1 aliphatic carbocycles. The van der Waals surface area contributed by atoms with Crippen molar-refractivity contribution >= 4 is 11.7 Å². The molecule has 1 fully saturated rings. The summed E-state index contributed by atoms with van der Waals surface area (Å²) in [4.78, 5) is 12.2. The predicted molar refractivity (Wildman–Crippen MR) is 75.9 cm³/mol. The van der Waals surface area contributed by atoms with Crippen LogP contribution in [0.1, 0.15) is 52.9 Å². The van der Waals surface area contributed by atoms with E-state index in [0.717, 1.165) is 5.92 Å². The Labute approximate surface area is 115 Å². The first-order valence-corrected chi connectivity index (χ1v) is 7.20. The van der Waals surface area contributed by atoms with Gasteiger partial charge in [0.25, 0.3) is 0 Å². The number of nitrogens with zero attached hydrogens (tertiary/aromatic N) is 1. The topological polar surface area (TPSA) is 87.7 Å². The molecular formula is C14H27N3O2. The van der Waals surface area contributed by atoms with E-state index >= 15 is 0 Å². The largest absolute Gasteiger partial charge is 0.409 e. The minimum absolute atomic E-state index is 0.0234. The Bertz CT molecular complexity index is 336. The van der Waals surface area contributed by atoms with E-state index in [9.17, 15) is 4.79 Å². The summed E-state index contributed by atoms with van der Waals surface area (Å²) in [5, 5.41) is 14.7. The van der Waals surface area contributed by atoms with Crippen molar-refractivity contribution in [3.8, 4) is 0 Å². The molecule has 1 saturated carbocycles. The Kier molecular flexibility index (Phi) is 5.63. The summed E-state index contributed by atoms with van der Waals surface area (Å²) in [6.45, 7) is 6.54. The minimum Gasteiger partial charge on any atom is -0.409 e. The Hall–Kier alpha value is -1.26. The molecule has 0 bridgehead atoms. The van der Waals surface area contributed by atoms with Gasteiger partial charge in [-0.2, -0.15) is 0 Å². The highest BCUT2D eigenvalue weighted by Gasteiger charge is 2.36. The van der Waals surface area contributed by atoms with Crippen molar-refractivity contribution in [1.82, 2.24) is 5.32 Å². The van der Waals surface area contributed by atoms with Crippen molar-refractivity contribution in [2.24, 2.45) is 28.1 Å². The third-order valence-corrected chi connectivity index (χ3v) is 4.57. The van der Waals surface area contributed by atoms with Gasteiger partial charge in [-0.25, -0.2) is 0 Å². The SMILES string of the molecule is CCC(C)(C(=O)NCC1CCC(C)CC1)C(N)=NO. The average molecular weight is 269 g/mol. The lowest BCUT2D eigenvalue weighted by atomic mass is 9.82. The van der Waals surface area contributed by atoms with Crippen molar-refractivity contribution < 1.29 is 10.0 Å². The van der Waals surface area contributed by atoms with E-state index in [-0.39, 0.29) is 11.7 Å². The molecule has 0 aromatic carbocycles. The van der Waals surface area contributed by atoms with Crippen LogP contribution in [0.4, 0.5) is 0 Å². The van der Waals surface area contributed by atoms with Gasteiger partial charge in [-0.15, -0.1) is 0 Å². The maximum absolute atomic E-state index is 12.2. The minimum atomic E-state index is -0.920. The van der Waals surface area contributed by atoms with Crippen molar-refractivity contribution in [3.63, 3.8) is 0 Å². The van der Waals surface area contributed by atoms with Crippen LogP contribution >= 0.6 is 0 Å². The van der Waals surface area contributed by atoms with Crippen molar-refractivity contribution in [1.29, 1.82) is 0 Å². The standard InChI is InChI=1S/C14H27N3O2/c1-4-14(3,12(15)17-19)13(18)16-9-11-7-5-10(2)6-8-11/h10-11,19H,4-9H2,1-3H3,(H2,15,17)(H,16,18). The number of amides is 1. The molecule has 0 aromatic heterocycles. The number of nitrogens with one attached hydrogen (secondary N) is 1. The number of oxime groups is 1. The van der Waals surface area contributed by atoms with Gasteiger partial charge in [-0.1, -0.05) is 31.8 Å². The molecular weight excluding hydrogens is 242 g/mol. The van der Waals surface area contributed by atoms with Crippen LogP contribution in [0.15, 0.2) is 5.16 Å². The molecule has 1 amide bonds. The molecule has 1 rings (SSSR count). The van der Waals surface area contributed by atoms with Crippen LogP contribution in [0.3, 0.4) is 0 Å². The summed E-state index contributed by atoms with van der Waals surface area (Å²) in [5.74, 6) is 1.20. The summed E-state index contributed by atoms with van der Waals surface area (Å²) in [6.07, 6.45) is 5.34. The summed E-state index contributed by atoms with van der Waals surface area (Å²) in [6, 6.07) is 0. The smallest absolute Gasteiger partial charge is 0.233 e. The molecule has 5 heteroatoms. The molecule has 0 heterocycles. The van der Waals surface area contributed by atoms with Crippen molar-refractivity contribution in [2.75, 3.05) is 6.54 Å². The number of carbonyl (C=O) groups excluding carboxylic acids is 1.